The molecule has 9 nitrogen and oxygen atoms in total. The quantitative estimate of drug-likeness (QED) is 0.338. The largest absolute Gasteiger partial charge is 0.398 e. The average Bonchev–Trinajstić information content (AvgIpc) is 2.25. The summed E-state index contributed by atoms with van der Waals surface area (Å²) < 4.78 is 62.3. The van der Waals surface area contributed by atoms with Gasteiger partial charge in [-0.25, -0.2) is 0 Å². The second kappa shape index (κ2) is 5.20. The third-order valence-electron chi connectivity index (χ3n) is 2.11. The number of carbonyl (C=O) groups excluding carboxylic acids is 1. The summed E-state index contributed by atoms with van der Waals surface area (Å²) in [6.45, 7) is 3.14. The van der Waals surface area contributed by atoms with E-state index in [0.717, 1.165) is 12.1 Å². The van der Waals surface area contributed by atoms with Gasteiger partial charge in [-0.2, -0.15) is 16.8 Å². The summed E-state index contributed by atoms with van der Waals surface area (Å²) in [5, 5.41) is 2.03. The van der Waals surface area contributed by atoms with Crippen LogP contribution in [0.3, 0.4) is 0 Å². The van der Waals surface area contributed by atoms with Crippen LogP contribution >= 0.6 is 0 Å². The van der Waals surface area contributed by atoms with Crippen LogP contribution in [0.2, 0.25) is 0 Å². The molecule has 11 heteroatoms. The minimum absolute atomic E-state index is 0.429. The Labute approximate surface area is 114 Å². The molecule has 1 aromatic rings. The third kappa shape index (κ3) is 3.54. The van der Waals surface area contributed by atoms with Gasteiger partial charge in [0.2, 0.25) is 5.91 Å². The van der Waals surface area contributed by atoms with Crippen molar-refractivity contribution in [1.29, 1.82) is 0 Å². The van der Waals surface area contributed by atoms with Crippen molar-refractivity contribution in [3.63, 3.8) is 0 Å². The molecule has 1 aromatic carbocycles. The Morgan fingerprint density at radius 2 is 1.65 bits per heavy atom. The van der Waals surface area contributed by atoms with Gasteiger partial charge in [0, 0.05) is 0 Å². The Hall–Kier alpha value is -1.95. The molecule has 0 unspecified atom stereocenters. The van der Waals surface area contributed by atoms with E-state index in [2.05, 4.69) is 6.58 Å². The molecule has 0 spiro atoms. The molecule has 0 fully saturated rings. The van der Waals surface area contributed by atoms with Crippen molar-refractivity contribution in [2.45, 2.75) is 9.79 Å². The highest BCUT2D eigenvalue weighted by molar-refractivity contribution is 7.86. The lowest BCUT2D eigenvalue weighted by atomic mass is 10.2. The number of carbonyl (C=O) groups is 1. The SMILES string of the molecule is C=CC(=O)Nc1cc(N)c(S(=O)(=O)O)cc1S(=O)(=O)O. The van der Waals surface area contributed by atoms with Crippen molar-refractivity contribution in [2.24, 2.45) is 0 Å². The van der Waals surface area contributed by atoms with Crippen LogP contribution < -0.4 is 11.1 Å². The predicted octanol–water partition coefficient (Wildman–Crippen LogP) is -0.113. The predicted molar refractivity (Wildman–Crippen MR) is 69.3 cm³/mol. The molecule has 0 saturated heterocycles. The molecule has 1 amide bonds. The minimum atomic E-state index is -4.87. The van der Waals surface area contributed by atoms with Crippen molar-refractivity contribution in [3.8, 4) is 0 Å². The van der Waals surface area contributed by atoms with E-state index in [9.17, 15) is 21.6 Å². The maximum atomic E-state index is 11.2. The lowest BCUT2D eigenvalue weighted by molar-refractivity contribution is -0.111. The van der Waals surface area contributed by atoms with Crippen LogP contribution in [0, 0.1) is 0 Å². The number of amides is 1. The molecule has 0 aliphatic rings. The van der Waals surface area contributed by atoms with E-state index >= 15 is 0 Å². The molecular weight excluding hydrogens is 312 g/mol. The maximum Gasteiger partial charge on any atom is 0.296 e. The number of nitrogen functional groups attached to an aromatic ring is 1. The fraction of sp³-hybridized carbons (Fsp3) is 0. The number of rotatable bonds is 4. The van der Waals surface area contributed by atoms with Gasteiger partial charge in [-0.3, -0.25) is 13.9 Å². The summed E-state index contributed by atoms with van der Waals surface area (Å²) in [4.78, 5) is 9.29. The van der Waals surface area contributed by atoms with Gasteiger partial charge in [0.25, 0.3) is 20.2 Å². The zero-order valence-electron chi connectivity index (χ0n) is 9.77. The first-order valence-electron chi connectivity index (χ1n) is 4.78. The smallest absolute Gasteiger partial charge is 0.296 e. The third-order valence-corrected chi connectivity index (χ3v) is 3.91. The first-order chi connectivity index (χ1) is 8.96. The zero-order valence-corrected chi connectivity index (χ0v) is 11.4. The molecular formula is C9H10N2O7S2. The van der Waals surface area contributed by atoms with Gasteiger partial charge in [-0.05, 0) is 18.2 Å². The van der Waals surface area contributed by atoms with Crippen LogP contribution in [-0.2, 0) is 25.0 Å². The monoisotopic (exact) mass is 322 g/mol. The molecule has 0 aliphatic carbocycles. The maximum absolute atomic E-state index is 11.2. The Balaban J connectivity index is 3.66. The molecule has 0 aromatic heterocycles. The van der Waals surface area contributed by atoms with E-state index in [1.165, 1.54) is 0 Å². The number of nitrogens with one attached hydrogen (secondary N) is 1. The van der Waals surface area contributed by atoms with Gasteiger partial charge < -0.3 is 11.1 Å². The van der Waals surface area contributed by atoms with Crippen molar-refractivity contribution in [3.05, 3.63) is 24.8 Å². The second-order valence-electron chi connectivity index (χ2n) is 3.53. The Kier molecular flexibility index (Phi) is 4.19. The normalized spacial score (nSPS) is 11.9. The number of hydrogen-bond donors (Lipinski definition) is 4. The summed E-state index contributed by atoms with van der Waals surface area (Å²) in [6.07, 6.45) is 0.820. The highest BCUT2D eigenvalue weighted by Gasteiger charge is 2.24. The van der Waals surface area contributed by atoms with Gasteiger partial charge in [0.1, 0.15) is 9.79 Å². The molecule has 5 N–H and O–H groups in total. The van der Waals surface area contributed by atoms with Crippen LogP contribution in [-0.4, -0.2) is 31.8 Å². The molecule has 0 bridgehead atoms. The lowest BCUT2D eigenvalue weighted by Crippen LogP contribution is -2.14. The van der Waals surface area contributed by atoms with Gasteiger partial charge >= 0.3 is 0 Å². The van der Waals surface area contributed by atoms with Gasteiger partial charge in [-0.1, -0.05) is 6.58 Å². The van der Waals surface area contributed by atoms with Crippen molar-refractivity contribution < 1.29 is 30.7 Å². The van der Waals surface area contributed by atoms with Crippen molar-refractivity contribution in [2.75, 3.05) is 11.1 Å². The van der Waals surface area contributed by atoms with Crippen molar-refractivity contribution >= 4 is 37.5 Å². The molecule has 20 heavy (non-hydrogen) atoms. The summed E-state index contributed by atoms with van der Waals surface area (Å²) in [6, 6.07) is 1.20. The molecule has 0 heterocycles. The molecule has 110 valence electrons. The Bertz CT molecular complexity index is 781. The number of benzene rings is 1. The highest BCUT2D eigenvalue weighted by Crippen LogP contribution is 2.30. The van der Waals surface area contributed by atoms with Crippen LogP contribution in [0.25, 0.3) is 0 Å². The van der Waals surface area contributed by atoms with E-state index in [0.29, 0.717) is 6.07 Å². The average molecular weight is 322 g/mol. The topological polar surface area (TPSA) is 164 Å². The molecule has 0 radical (unpaired) electrons. The second-order valence-corrected chi connectivity index (χ2v) is 6.31. The van der Waals surface area contributed by atoms with Crippen LogP contribution in [0.15, 0.2) is 34.6 Å². The van der Waals surface area contributed by atoms with E-state index in [-0.39, 0.29) is 0 Å². The minimum Gasteiger partial charge on any atom is -0.398 e. The molecule has 0 saturated carbocycles. The summed E-state index contributed by atoms with van der Waals surface area (Å²) in [5.74, 6) is -0.811. The molecule has 0 atom stereocenters. The van der Waals surface area contributed by atoms with Gasteiger partial charge in [0.05, 0.1) is 11.4 Å². The van der Waals surface area contributed by atoms with E-state index in [1.54, 1.807) is 0 Å². The summed E-state index contributed by atoms with van der Waals surface area (Å²) in [7, 11) is -9.67. The fourth-order valence-corrected chi connectivity index (χ4v) is 2.65. The molecule has 0 aliphatic heterocycles. The summed E-state index contributed by atoms with van der Waals surface area (Å²) >= 11 is 0. The number of nitrogens with two attached hydrogens (primary N) is 1. The van der Waals surface area contributed by atoms with E-state index < -0.39 is 47.3 Å². The standard InChI is InChI=1S/C9H10N2O7S2/c1-2-9(12)11-6-3-5(10)7(19(13,14)15)4-8(6)20(16,17)18/h2-4H,1,10H2,(H,11,12)(H,13,14,15)(H,16,17,18). The first-order valence-corrected chi connectivity index (χ1v) is 7.66. The van der Waals surface area contributed by atoms with Crippen LogP contribution in [0.5, 0.6) is 0 Å². The fourth-order valence-electron chi connectivity index (χ4n) is 1.30. The van der Waals surface area contributed by atoms with E-state index in [1.807, 2.05) is 5.32 Å². The zero-order chi connectivity index (χ0) is 15.7. The van der Waals surface area contributed by atoms with Crippen LogP contribution in [0.4, 0.5) is 11.4 Å². The van der Waals surface area contributed by atoms with Crippen LogP contribution in [0.1, 0.15) is 0 Å². The number of anilines is 2. The van der Waals surface area contributed by atoms with Crippen molar-refractivity contribution in [1.82, 2.24) is 0 Å². The molecule has 1 rings (SSSR count). The van der Waals surface area contributed by atoms with Gasteiger partial charge in [-0.15, -0.1) is 0 Å². The summed E-state index contributed by atoms with van der Waals surface area (Å²) in [5.41, 5.74) is 4.37. The Morgan fingerprint density at radius 1 is 1.15 bits per heavy atom. The van der Waals surface area contributed by atoms with E-state index in [4.69, 9.17) is 14.8 Å². The Morgan fingerprint density at radius 3 is 2.05 bits per heavy atom. The first kappa shape index (κ1) is 16.1. The van der Waals surface area contributed by atoms with Gasteiger partial charge in [0.15, 0.2) is 0 Å². The number of hydrogen-bond acceptors (Lipinski definition) is 6. The lowest BCUT2D eigenvalue weighted by Gasteiger charge is -2.11. The highest BCUT2D eigenvalue weighted by atomic mass is 32.2.